The van der Waals surface area contributed by atoms with Gasteiger partial charge in [0.05, 0.1) is 22.7 Å². The summed E-state index contributed by atoms with van der Waals surface area (Å²) in [6.45, 7) is 7.95. The number of Topliss-reactive ketones (excluding diaryl/α,β-unsaturated/α-hetero) is 1. The van der Waals surface area contributed by atoms with E-state index in [1.807, 2.05) is 20.8 Å². The van der Waals surface area contributed by atoms with Gasteiger partial charge in [-0.3, -0.25) is 4.79 Å². The summed E-state index contributed by atoms with van der Waals surface area (Å²) in [4.78, 5) is 12.0. The molecule has 0 amide bonds. The second-order valence-corrected chi connectivity index (χ2v) is 7.37. The number of hydrogen-bond acceptors (Lipinski definition) is 3. The highest BCUT2D eigenvalue weighted by atomic mass is 35.5. The molecule has 0 saturated carbocycles. The molecule has 0 bridgehead atoms. The largest absolute Gasteiger partial charge is 0.490 e. The van der Waals surface area contributed by atoms with Crippen LogP contribution < -0.4 is 15.4 Å². The van der Waals surface area contributed by atoms with E-state index < -0.39 is 6.04 Å². The van der Waals surface area contributed by atoms with Crippen LogP contribution in [-0.2, 0) is 4.79 Å². The van der Waals surface area contributed by atoms with Gasteiger partial charge in [0.15, 0.2) is 16.6 Å². The van der Waals surface area contributed by atoms with Crippen LogP contribution in [0.5, 0.6) is 5.75 Å². The summed E-state index contributed by atoms with van der Waals surface area (Å²) in [7, 11) is 0. The summed E-state index contributed by atoms with van der Waals surface area (Å²) in [5.41, 5.74) is 2.09. The van der Waals surface area contributed by atoms with E-state index in [-0.39, 0.29) is 5.78 Å². The second kappa shape index (κ2) is 7.72. The van der Waals surface area contributed by atoms with E-state index in [9.17, 15) is 4.79 Å². The molecule has 0 saturated heterocycles. The zero-order valence-electron chi connectivity index (χ0n) is 14.0. The Hall–Kier alpha value is -1.30. The molecule has 0 aromatic heterocycles. The summed E-state index contributed by atoms with van der Waals surface area (Å²) < 4.78 is 5.69. The topological polar surface area (TPSA) is 50.4 Å². The summed E-state index contributed by atoms with van der Waals surface area (Å²) >= 11 is 17.9. The Labute approximate surface area is 157 Å². The van der Waals surface area contributed by atoms with Crippen LogP contribution in [0.3, 0.4) is 0 Å². The summed E-state index contributed by atoms with van der Waals surface area (Å²) in [6.07, 6.45) is 0. The number of carbonyl (C=O) groups is 1. The second-order valence-electron chi connectivity index (χ2n) is 6.14. The molecule has 1 aliphatic rings. The standard InChI is InChI=1S/C17H20Cl2N2O2S/c1-8(2)7-23-16-12(18)5-11(6-13(16)19)15-14(10(4)22)9(3)20-17(24)21-15/h5-6,8,15H,7H2,1-4H3,(H2,20,21,24). The predicted octanol–water partition coefficient (Wildman–Crippen LogP) is 4.41. The lowest BCUT2D eigenvalue weighted by atomic mass is 9.93. The molecule has 1 aromatic rings. The summed E-state index contributed by atoms with van der Waals surface area (Å²) in [6, 6.07) is 3.11. The molecule has 1 unspecified atom stereocenters. The SMILES string of the molecule is CC(=O)C1=C(C)NC(=S)NC1c1cc(Cl)c(OCC(C)C)c(Cl)c1. The number of nitrogens with one attached hydrogen (secondary N) is 2. The van der Waals surface area contributed by atoms with Crippen molar-refractivity contribution >= 4 is 46.3 Å². The van der Waals surface area contributed by atoms with E-state index in [0.717, 1.165) is 11.3 Å². The average Bonchev–Trinajstić information content (AvgIpc) is 2.44. The third-order valence-corrected chi connectivity index (χ3v) is 4.34. The van der Waals surface area contributed by atoms with Gasteiger partial charge in [-0.05, 0) is 49.7 Å². The van der Waals surface area contributed by atoms with Gasteiger partial charge in [-0.25, -0.2) is 0 Å². The molecule has 0 radical (unpaired) electrons. The normalized spacial score (nSPS) is 17.6. The van der Waals surface area contributed by atoms with Crippen LogP contribution in [-0.4, -0.2) is 17.5 Å². The first-order chi connectivity index (χ1) is 11.2. The van der Waals surface area contributed by atoms with Crippen molar-refractivity contribution in [2.45, 2.75) is 33.7 Å². The number of halogens is 2. The number of rotatable bonds is 5. The highest BCUT2D eigenvalue weighted by molar-refractivity contribution is 7.80. The number of allylic oxidation sites excluding steroid dienone is 1. The van der Waals surface area contributed by atoms with Crippen LogP contribution in [0, 0.1) is 5.92 Å². The molecule has 4 nitrogen and oxygen atoms in total. The smallest absolute Gasteiger partial charge is 0.171 e. The van der Waals surface area contributed by atoms with Crippen molar-refractivity contribution in [3.05, 3.63) is 39.0 Å². The van der Waals surface area contributed by atoms with E-state index in [2.05, 4.69) is 10.6 Å². The van der Waals surface area contributed by atoms with Crippen molar-refractivity contribution in [1.29, 1.82) is 0 Å². The van der Waals surface area contributed by atoms with Crippen LogP contribution in [0.4, 0.5) is 0 Å². The number of hydrogen-bond donors (Lipinski definition) is 2. The van der Waals surface area contributed by atoms with Gasteiger partial charge in [0.2, 0.25) is 0 Å². The quantitative estimate of drug-likeness (QED) is 0.733. The van der Waals surface area contributed by atoms with Gasteiger partial charge < -0.3 is 15.4 Å². The van der Waals surface area contributed by atoms with Gasteiger partial charge in [-0.2, -0.15) is 0 Å². The molecule has 0 spiro atoms. The Kier molecular flexibility index (Phi) is 6.12. The minimum atomic E-state index is -0.398. The Balaban J connectivity index is 2.43. The van der Waals surface area contributed by atoms with E-state index >= 15 is 0 Å². The summed E-state index contributed by atoms with van der Waals surface area (Å²) in [5, 5.41) is 7.34. The lowest BCUT2D eigenvalue weighted by molar-refractivity contribution is -0.114. The first kappa shape index (κ1) is 19.0. The number of benzene rings is 1. The van der Waals surface area contributed by atoms with E-state index in [1.54, 1.807) is 12.1 Å². The fourth-order valence-corrected chi connectivity index (χ4v) is 3.43. The molecule has 24 heavy (non-hydrogen) atoms. The molecule has 1 aromatic carbocycles. The number of ether oxygens (including phenoxy) is 1. The molecule has 1 heterocycles. The molecule has 1 atom stereocenters. The Morgan fingerprint density at radius 1 is 1.33 bits per heavy atom. The highest BCUT2D eigenvalue weighted by Gasteiger charge is 2.28. The third kappa shape index (κ3) is 4.21. The number of carbonyl (C=O) groups excluding carboxylic acids is 1. The van der Waals surface area contributed by atoms with E-state index in [0.29, 0.717) is 39.0 Å². The van der Waals surface area contributed by atoms with Crippen molar-refractivity contribution in [3.63, 3.8) is 0 Å². The number of ketones is 1. The molecule has 130 valence electrons. The van der Waals surface area contributed by atoms with Gasteiger partial charge in [0.25, 0.3) is 0 Å². The van der Waals surface area contributed by atoms with Gasteiger partial charge in [-0.1, -0.05) is 37.0 Å². The van der Waals surface area contributed by atoms with Crippen LogP contribution >= 0.6 is 35.4 Å². The van der Waals surface area contributed by atoms with Gasteiger partial charge in [0.1, 0.15) is 0 Å². The Morgan fingerprint density at radius 3 is 2.42 bits per heavy atom. The van der Waals surface area contributed by atoms with Crippen LogP contribution in [0.15, 0.2) is 23.4 Å². The molecule has 0 fully saturated rings. The van der Waals surface area contributed by atoms with Crippen molar-refractivity contribution in [2.24, 2.45) is 5.92 Å². The third-order valence-electron chi connectivity index (χ3n) is 3.56. The molecule has 0 aliphatic carbocycles. The van der Waals surface area contributed by atoms with E-state index in [1.165, 1.54) is 6.92 Å². The minimum Gasteiger partial charge on any atom is -0.490 e. The van der Waals surface area contributed by atoms with Gasteiger partial charge in [-0.15, -0.1) is 0 Å². The molecular formula is C17H20Cl2N2O2S. The lowest BCUT2D eigenvalue weighted by Crippen LogP contribution is -2.44. The molecule has 7 heteroatoms. The van der Waals surface area contributed by atoms with E-state index in [4.69, 9.17) is 40.2 Å². The molecular weight excluding hydrogens is 367 g/mol. The maximum atomic E-state index is 12.0. The number of thiocarbonyl (C=S) groups is 1. The van der Waals surface area contributed by atoms with Crippen LogP contribution in [0.25, 0.3) is 0 Å². The minimum absolute atomic E-state index is 0.0487. The first-order valence-electron chi connectivity index (χ1n) is 7.61. The van der Waals surface area contributed by atoms with Crippen molar-refractivity contribution in [2.75, 3.05) is 6.61 Å². The molecule has 2 rings (SSSR count). The van der Waals surface area contributed by atoms with Crippen molar-refractivity contribution < 1.29 is 9.53 Å². The van der Waals surface area contributed by atoms with Crippen LogP contribution in [0.2, 0.25) is 10.0 Å². The fourth-order valence-electron chi connectivity index (χ4n) is 2.54. The molecule has 2 N–H and O–H groups in total. The monoisotopic (exact) mass is 386 g/mol. The predicted molar refractivity (Wildman–Crippen MR) is 102 cm³/mol. The van der Waals surface area contributed by atoms with Gasteiger partial charge >= 0.3 is 0 Å². The van der Waals surface area contributed by atoms with Crippen LogP contribution in [0.1, 0.15) is 39.3 Å². The first-order valence-corrected chi connectivity index (χ1v) is 8.78. The maximum absolute atomic E-state index is 12.0. The van der Waals surface area contributed by atoms with Crippen molar-refractivity contribution in [1.82, 2.24) is 10.6 Å². The Morgan fingerprint density at radius 2 is 1.92 bits per heavy atom. The highest BCUT2D eigenvalue weighted by Crippen LogP contribution is 2.38. The fraction of sp³-hybridized carbons (Fsp3) is 0.412. The van der Waals surface area contributed by atoms with Gasteiger partial charge in [0, 0.05) is 11.3 Å². The zero-order chi connectivity index (χ0) is 18.0. The Bertz CT molecular complexity index is 694. The zero-order valence-corrected chi connectivity index (χ0v) is 16.3. The molecule has 1 aliphatic heterocycles. The summed E-state index contributed by atoms with van der Waals surface area (Å²) in [5.74, 6) is 0.764. The maximum Gasteiger partial charge on any atom is 0.171 e. The van der Waals surface area contributed by atoms with Crippen molar-refractivity contribution in [3.8, 4) is 5.75 Å². The lowest BCUT2D eigenvalue weighted by Gasteiger charge is -2.30. The average molecular weight is 387 g/mol.